The third-order valence-electron chi connectivity index (χ3n) is 5.57. The van der Waals surface area contributed by atoms with Gasteiger partial charge < -0.3 is 15.1 Å². The van der Waals surface area contributed by atoms with Gasteiger partial charge in [-0.15, -0.1) is 0 Å². The molecule has 0 aromatic heterocycles. The monoisotopic (exact) mass is 335 g/mol. The number of hydrogen-bond donors (Lipinski definition) is 2. The molecule has 0 saturated carbocycles. The highest BCUT2D eigenvalue weighted by molar-refractivity contribution is 5.74. The Kier molecular flexibility index (Phi) is 4.36. The molecule has 1 heterocycles. The van der Waals surface area contributed by atoms with Gasteiger partial charge in [0.2, 0.25) is 0 Å². The minimum atomic E-state index is -0.854. The number of para-hydroxylation sites is 1. The van der Waals surface area contributed by atoms with E-state index in [1.165, 1.54) is 5.57 Å². The molecule has 2 aromatic rings. The van der Waals surface area contributed by atoms with E-state index in [0.29, 0.717) is 0 Å². The quantitative estimate of drug-likeness (QED) is 0.895. The Labute approximate surface area is 149 Å². The fourth-order valence-electron chi connectivity index (χ4n) is 4.40. The summed E-state index contributed by atoms with van der Waals surface area (Å²) in [6.07, 6.45) is 5.57. The van der Waals surface area contributed by atoms with Crippen LogP contribution in [0.2, 0.25) is 0 Å². The van der Waals surface area contributed by atoms with E-state index < -0.39 is 5.60 Å². The van der Waals surface area contributed by atoms with Crippen LogP contribution in [-0.4, -0.2) is 29.4 Å². The Bertz CT molecular complexity index is 771. The molecule has 3 heteroatoms. The number of piperidine rings is 1. The number of aliphatic hydroxyl groups is 2. The van der Waals surface area contributed by atoms with Crippen LogP contribution in [0, 0.1) is 0 Å². The molecule has 2 atom stereocenters. The van der Waals surface area contributed by atoms with E-state index in [-0.39, 0.29) is 12.6 Å². The lowest BCUT2D eigenvalue weighted by Gasteiger charge is -2.50. The van der Waals surface area contributed by atoms with E-state index >= 15 is 0 Å². The summed E-state index contributed by atoms with van der Waals surface area (Å²) in [5.41, 5.74) is 3.72. The Morgan fingerprint density at radius 2 is 1.80 bits per heavy atom. The number of nitrogens with zero attached hydrogens (tertiary/aromatic N) is 1. The highest BCUT2D eigenvalue weighted by Gasteiger charge is 2.47. The predicted molar refractivity (Wildman–Crippen MR) is 101 cm³/mol. The van der Waals surface area contributed by atoms with Crippen molar-refractivity contribution < 1.29 is 10.2 Å². The number of anilines is 1. The van der Waals surface area contributed by atoms with E-state index in [4.69, 9.17) is 0 Å². The molecule has 2 N–H and O–H groups in total. The number of hydrogen-bond acceptors (Lipinski definition) is 3. The third kappa shape index (κ3) is 2.78. The summed E-state index contributed by atoms with van der Waals surface area (Å²) >= 11 is 0. The van der Waals surface area contributed by atoms with Crippen LogP contribution in [0.4, 0.5) is 5.69 Å². The smallest absolute Gasteiger partial charge is 0.114 e. The molecule has 2 aromatic carbocycles. The zero-order chi connectivity index (χ0) is 17.3. The Morgan fingerprint density at radius 1 is 1.04 bits per heavy atom. The molecule has 0 unspecified atom stereocenters. The van der Waals surface area contributed by atoms with Crippen molar-refractivity contribution in [3.63, 3.8) is 0 Å². The van der Waals surface area contributed by atoms with Gasteiger partial charge >= 0.3 is 0 Å². The molecule has 0 spiro atoms. The van der Waals surface area contributed by atoms with Gasteiger partial charge in [-0.1, -0.05) is 48.5 Å². The standard InChI is InChI=1S/C22H25NO2/c24-15-6-8-17-16-21-22(25,20-12-5-4-11-19(17)20)13-7-14-23(21)18-9-2-1-3-10-18/h1-5,9-12,16,21,24-25H,6-8,13-15H2/t21-,22-/m0/s1. The van der Waals surface area contributed by atoms with Crippen LogP contribution >= 0.6 is 0 Å². The molecule has 0 radical (unpaired) electrons. The van der Waals surface area contributed by atoms with Crippen molar-refractivity contribution in [3.05, 3.63) is 71.8 Å². The molecule has 1 fully saturated rings. The number of benzene rings is 2. The molecular formula is C22H25NO2. The topological polar surface area (TPSA) is 43.7 Å². The van der Waals surface area contributed by atoms with Crippen LogP contribution in [-0.2, 0) is 5.60 Å². The highest BCUT2D eigenvalue weighted by Crippen LogP contribution is 2.47. The maximum absolute atomic E-state index is 11.7. The summed E-state index contributed by atoms with van der Waals surface area (Å²) in [5.74, 6) is 0. The Balaban J connectivity index is 1.81. The fraction of sp³-hybridized carbons (Fsp3) is 0.364. The van der Waals surface area contributed by atoms with Crippen molar-refractivity contribution in [2.45, 2.75) is 37.3 Å². The second kappa shape index (κ2) is 6.66. The lowest BCUT2D eigenvalue weighted by molar-refractivity contribution is -0.00311. The molecular weight excluding hydrogens is 310 g/mol. The molecule has 1 saturated heterocycles. The zero-order valence-electron chi connectivity index (χ0n) is 14.4. The van der Waals surface area contributed by atoms with E-state index in [9.17, 15) is 10.2 Å². The van der Waals surface area contributed by atoms with Crippen molar-refractivity contribution in [1.29, 1.82) is 0 Å². The van der Waals surface area contributed by atoms with Crippen LogP contribution in [0.15, 0.2) is 60.7 Å². The summed E-state index contributed by atoms with van der Waals surface area (Å²) in [6, 6.07) is 18.5. The Morgan fingerprint density at radius 3 is 2.60 bits per heavy atom. The fourth-order valence-corrected chi connectivity index (χ4v) is 4.40. The molecule has 1 aliphatic heterocycles. The average Bonchev–Trinajstić information content (AvgIpc) is 2.67. The highest BCUT2D eigenvalue weighted by atomic mass is 16.3. The molecule has 2 aliphatic rings. The normalized spacial score (nSPS) is 25.1. The SMILES string of the molecule is OCCCC1=C[C@@H]2N(c3ccccc3)CCC[C@]2(O)c2ccccc21. The van der Waals surface area contributed by atoms with E-state index in [2.05, 4.69) is 47.4 Å². The molecule has 130 valence electrons. The van der Waals surface area contributed by atoms with Gasteiger partial charge in [-0.05, 0) is 54.5 Å². The molecule has 1 aliphatic carbocycles. The summed E-state index contributed by atoms with van der Waals surface area (Å²) < 4.78 is 0. The van der Waals surface area contributed by atoms with E-state index in [1.54, 1.807) is 0 Å². The average molecular weight is 335 g/mol. The molecule has 0 amide bonds. The van der Waals surface area contributed by atoms with Crippen molar-refractivity contribution in [3.8, 4) is 0 Å². The number of fused-ring (bicyclic) bond motifs is 3. The maximum Gasteiger partial charge on any atom is 0.114 e. The van der Waals surface area contributed by atoms with E-state index in [0.717, 1.165) is 49.0 Å². The van der Waals surface area contributed by atoms with Gasteiger partial charge in [0.25, 0.3) is 0 Å². The van der Waals surface area contributed by atoms with Crippen molar-refractivity contribution in [1.82, 2.24) is 0 Å². The van der Waals surface area contributed by atoms with Crippen LogP contribution < -0.4 is 4.90 Å². The van der Waals surface area contributed by atoms with Crippen LogP contribution in [0.5, 0.6) is 0 Å². The first-order valence-electron chi connectivity index (χ1n) is 9.19. The number of aliphatic hydroxyl groups excluding tert-OH is 1. The number of allylic oxidation sites excluding steroid dienone is 1. The first-order valence-corrected chi connectivity index (χ1v) is 9.19. The number of rotatable bonds is 4. The molecule has 3 nitrogen and oxygen atoms in total. The first kappa shape index (κ1) is 16.4. The third-order valence-corrected chi connectivity index (χ3v) is 5.57. The van der Waals surface area contributed by atoms with Gasteiger partial charge in [0.1, 0.15) is 5.60 Å². The van der Waals surface area contributed by atoms with E-state index in [1.807, 2.05) is 18.2 Å². The van der Waals surface area contributed by atoms with Gasteiger partial charge in [-0.3, -0.25) is 0 Å². The Hall–Kier alpha value is -2.10. The molecule has 25 heavy (non-hydrogen) atoms. The minimum Gasteiger partial charge on any atom is -0.396 e. The minimum absolute atomic E-state index is 0.0627. The van der Waals surface area contributed by atoms with Gasteiger partial charge in [0.15, 0.2) is 0 Å². The van der Waals surface area contributed by atoms with Crippen LogP contribution in [0.3, 0.4) is 0 Å². The summed E-state index contributed by atoms with van der Waals surface area (Å²) in [4.78, 5) is 2.33. The van der Waals surface area contributed by atoms with Gasteiger partial charge in [-0.2, -0.15) is 0 Å². The van der Waals surface area contributed by atoms with Gasteiger partial charge in [-0.25, -0.2) is 0 Å². The van der Waals surface area contributed by atoms with Crippen LogP contribution in [0.25, 0.3) is 5.57 Å². The summed E-state index contributed by atoms with van der Waals surface area (Å²) in [6.45, 7) is 1.14. The second-order valence-electron chi connectivity index (χ2n) is 7.07. The molecule has 4 rings (SSSR count). The van der Waals surface area contributed by atoms with Crippen molar-refractivity contribution in [2.24, 2.45) is 0 Å². The summed E-state index contributed by atoms with van der Waals surface area (Å²) in [5, 5.41) is 21.0. The lowest BCUT2D eigenvalue weighted by Crippen LogP contribution is -2.56. The maximum atomic E-state index is 11.7. The van der Waals surface area contributed by atoms with Crippen molar-refractivity contribution >= 4 is 11.3 Å². The first-order chi connectivity index (χ1) is 12.2. The largest absolute Gasteiger partial charge is 0.396 e. The molecule has 0 bridgehead atoms. The van der Waals surface area contributed by atoms with Crippen LogP contribution in [0.1, 0.15) is 36.8 Å². The predicted octanol–water partition coefficient (Wildman–Crippen LogP) is 3.71. The zero-order valence-corrected chi connectivity index (χ0v) is 14.4. The summed E-state index contributed by atoms with van der Waals surface area (Å²) in [7, 11) is 0. The van der Waals surface area contributed by atoms with Gasteiger partial charge in [0.05, 0.1) is 6.04 Å². The second-order valence-corrected chi connectivity index (χ2v) is 7.07. The van der Waals surface area contributed by atoms with Gasteiger partial charge in [0, 0.05) is 18.8 Å². The van der Waals surface area contributed by atoms with Crippen molar-refractivity contribution in [2.75, 3.05) is 18.1 Å². The lowest BCUT2D eigenvalue weighted by atomic mass is 9.71.